The predicted octanol–water partition coefficient (Wildman–Crippen LogP) is 2.44. The fourth-order valence-corrected chi connectivity index (χ4v) is 2.02. The van der Waals surface area contributed by atoms with E-state index in [-0.39, 0.29) is 18.5 Å². The Hall–Kier alpha value is -1.88. The molecule has 0 heterocycles. The summed E-state index contributed by atoms with van der Waals surface area (Å²) in [5.74, 6) is -0.707. The summed E-state index contributed by atoms with van der Waals surface area (Å²) in [6.45, 7) is 5.98. The minimum Gasteiger partial charge on any atom is -0.465 e. The van der Waals surface area contributed by atoms with Gasteiger partial charge >= 0.3 is 11.9 Å². The average molecular weight is 307 g/mol. The lowest BCUT2D eigenvalue weighted by Crippen LogP contribution is -2.46. The first-order valence-electron chi connectivity index (χ1n) is 7.71. The first-order chi connectivity index (χ1) is 10.6. The molecule has 0 aliphatic rings. The Balaban J connectivity index is 2.48. The van der Waals surface area contributed by atoms with Crippen molar-refractivity contribution in [3.8, 4) is 0 Å². The van der Waals surface area contributed by atoms with Gasteiger partial charge in [-0.25, -0.2) is 0 Å². The van der Waals surface area contributed by atoms with Crippen molar-refractivity contribution in [1.82, 2.24) is 5.32 Å². The van der Waals surface area contributed by atoms with Crippen molar-refractivity contribution in [3.05, 3.63) is 35.9 Å². The number of nitrogens with one attached hydrogen (secondary N) is 1. The third kappa shape index (κ3) is 6.26. The van der Waals surface area contributed by atoms with E-state index >= 15 is 0 Å². The quantitative estimate of drug-likeness (QED) is 0.710. The molecule has 0 bridgehead atoms. The summed E-state index contributed by atoms with van der Waals surface area (Å²) in [7, 11) is 0. The number of rotatable bonds is 9. The van der Waals surface area contributed by atoms with E-state index in [1.165, 1.54) is 0 Å². The third-order valence-electron chi connectivity index (χ3n) is 3.18. The monoisotopic (exact) mass is 307 g/mol. The second-order valence-corrected chi connectivity index (χ2v) is 5.07. The summed E-state index contributed by atoms with van der Waals surface area (Å²) in [5, 5.41) is 2.99. The number of hydrogen-bond donors (Lipinski definition) is 1. The lowest BCUT2D eigenvalue weighted by atomic mass is 10.1. The second-order valence-electron chi connectivity index (χ2n) is 5.07. The molecule has 5 heteroatoms. The number of carbonyl (C=O) groups excluding carboxylic acids is 2. The Morgan fingerprint density at radius 3 is 2.36 bits per heavy atom. The number of ether oxygens (including phenoxy) is 2. The zero-order valence-corrected chi connectivity index (χ0v) is 13.5. The lowest BCUT2D eigenvalue weighted by Gasteiger charge is -2.20. The second kappa shape index (κ2) is 9.95. The highest BCUT2D eigenvalue weighted by Gasteiger charge is 2.24. The van der Waals surface area contributed by atoms with Crippen molar-refractivity contribution in [1.29, 1.82) is 0 Å². The molecule has 1 rings (SSSR count). The molecule has 0 aliphatic carbocycles. The maximum Gasteiger partial charge on any atom is 0.323 e. The molecule has 0 saturated carbocycles. The normalized spacial score (nSPS) is 13.2. The Morgan fingerprint density at radius 1 is 1.09 bits per heavy atom. The summed E-state index contributed by atoms with van der Waals surface area (Å²) in [6, 6.07) is 8.43. The lowest BCUT2D eigenvalue weighted by molar-refractivity contribution is -0.149. The molecular formula is C17H25NO4. The fourth-order valence-electron chi connectivity index (χ4n) is 2.02. The van der Waals surface area contributed by atoms with Gasteiger partial charge in [-0.3, -0.25) is 14.9 Å². The smallest absolute Gasteiger partial charge is 0.323 e. The predicted molar refractivity (Wildman–Crippen MR) is 84.2 cm³/mol. The minimum absolute atomic E-state index is 0.226. The van der Waals surface area contributed by atoms with E-state index in [2.05, 4.69) is 5.32 Å². The SMILES string of the molecule is CCC[C@H](N[C@H](C)C(=O)OCc1ccccc1)C(=O)OCC. The summed E-state index contributed by atoms with van der Waals surface area (Å²) >= 11 is 0. The van der Waals surface area contributed by atoms with Gasteiger partial charge in [0, 0.05) is 0 Å². The number of benzene rings is 1. The summed E-state index contributed by atoms with van der Waals surface area (Å²) < 4.78 is 10.3. The molecule has 122 valence electrons. The van der Waals surface area contributed by atoms with Gasteiger partial charge in [0.05, 0.1) is 6.61 Å². The molecule has 2 atom stereocenters. The number of esters is 2. The highest BCUT2D eigenvalue weighted by molar-refractivity contribution is 5.79. The molecule has 22 heavy (non-hydrogen) atoms. The number of carbonyl (C=O) groups is 2. The van der Waals surface area contributed by atoms with Gasteiger partial charge in [-0.05, 0) is 25.8 Å². The standard InChI is InChI=1S/C17H25NO4/c1-4-9-15(17(20)21-5-2)18-13(3)16(19)22-12-14-10-7-6-8-11-14/h6-8,10-11,13,15,18H,4-5,9,12H2,1-3H3/t13-,15+/m1/s1. The van der Waals surface area contributed by atoms with Crippen LogP contribution in [-0.4, -0.2) is 30.6 Å². The van der Waals surface area contributed by atoms with Gasteiger partial charge < -0.3 is 9.47 Å². The van der Waals surface area contributed by atoms with Crippen molar-refractivity contribution in [3.63, 3.8) is 0 Å². The maximum atomic E-state index is 12.0. The van der Waals surface area contributed by atoms with Crippen molar-refractivity contribution < 1.29 is 19.1 Å². The Labute approximate surface area is 132 Å². The Morgan fingerprint density at radius 2 is 1.77 bits per heavy atom. The highest BCUT2D eigenvalue weighted by atomic mass is 16.5. The summed E-state index contributed by atoms with van der Waals surface area (Å²) in [6.07, 6.45) is 1.44. The van der Waals surface area contributed by atoms with Gasteiger partial charge in [-0.1, -0.05) is 43.7 Å². The van der Waals surface area contributed by atoms with Gasteiger partial charge in [0.1, 0.15) is 18.7 Å². The van der Waals surface area contributed by atoms with Crippen LogP contribution in [0.25, 0.3) is 0 Å². The van der Waals surface area contributed by atoms with Crippen molar-refractivity contribution in [2.75, 3.05) is 6.61 Å². The van der Waals surface area contributed by atoms with Crippen LogP contribution in [0.2, 0.25) is 0 Å². The largest absolute Gasteiger partial charge is 0.465 e. The molecule has 1 aromatic carbocycles. The van der Waals surface area contributed by atoms with Crippen LogP contribution in [0.1, 0.15) is 39.2 Å². The van der Waals surface area contributed by atoms with Gasteiger partial charge in [0.2, 0.25) is 0 Å². The fraction of sp³-hybridized carbons (Fsp3) is 0.529. The van der Waals surface area contributed by atoms with E-state index in [4.69, 9.17) is 9.47 Å². The molecule has 0 saturated heterocycles. The van der Waals surface area contributed by atoms with Crippen LogP contribution in [0.3, 0.4) is 0 Å². The molecule has 1 N–H and O–H groups in total. The van der Waals surface area contributed by atoms with Crippen molar-refractivity contribution in [2.24, 2.45) is 0 Å². The molecule has 0 amide bonds. The van der Waals surface area contributed by atoms with E-state index < -0.39 is 12.1 Å². The van der Waals surface area contributed by atoms with Crippen LogP contribution >= 0.6 is 0 Å². The zero-order valence-electron chi connectivity index (χ0n) is 13.5. The van der Waals surface area contributed by atoms with Gasteiger partial charge in [-0.15, -0.1) is 0 Å². The van der Waals surface area contributed by atoms with E-state index in [0.29, 0.717) is 13.0 Å². The van der Waals surface area contributed by atoms with Crippen molar-refractivity contribution in [2.45, 2.75) is 52.3 Å². The summed E-state index contributed by atoms with van der Waals surface area (Å²) in [4.78, 5) is 23.8. The first kappa shape index (κ1) is 18.2. The van der Waals surface area contributed by atoms with Crippen LogP contribution in [0.15, 0.2) is 30.3 Å². The van der Waals surface area contributed by atoms with Crippen LogP contribution in [0.4, 0.5) is 0 Å². The van der Waals surface area contributed by atoms with Crippen LogP contribution in [0.5, 0.6) is 0 Å². The first-order valence-corrected chi connectivity index (χ1v) is 7.71. The Kier molecular flexibility index (Phi) is 8.22. The molecule has 1 aromatic rings. The molecule has 5 nitrogen and oxygen atoms in total. The molecular weight excluding hydrogens is 282 g/mol. The van der Waals surface area contributed by atoms with Crippen LogP contribution in [-0.2, 0) is 25.7 Å². The molecule has 0 aromatic heterocycles. The highest BCUT2D eigenvalue weighted by Crippen LogP contribution is 2.05. The van der Waals surface area contributed by atoms with E-state index in [9.17, 15) is 9.59 Å². The maximum absolute atomic E-state index is 12.0. The minimum atomic E-state index is -0.565. The van der Waals surface area contributed by atoms with Crippen LogP contribution < -0.4 is 5.32 Å². The Bertz CT molecular complexity index is 461. The molecule has 0 unspecified atom stereocenters. The van der Waals surface area contributed by atoms with E-state index in [1.54, 1.807) is 13.8 Å². The van der Waals surface area contributed by atoms with Gasteiger partial charge in [0.25, 0.3) is 0 Å². The third-order valence-corrected chi connectivity index (χ3v) is 3.18. The molecule has 0 aliphatic heterocycles. The van der Waals surface area contributed by atoms with Crippen LogP contribution in [0, 0.1) is 0 Å². The van der Waals surface area contributed by atoms with E-state index in [1.807, 2.05) is 37.3 Å². The molecule has 0 fully saturated rings. The zero-order chi connectivity index (χ0) is 16.4. The van der Waals surface area contributed by atoms with E-state index in [0.717, 1.165) is 12.0 Å². The topological polar surface area (TPSA) is 64.6 Å². The number of hydrogen-bond acceptors (Lipinski definition) is 5. The van der Waals surface area contributed by atoms with Gasteiger partial charge in [0.15, 0.2) is 0 Å². The van der Waals surface area contributed by atoms with Gasteiger partial charge in [-0.2, -0.15) is 0 Å². The molecule has 0 spiro atoms. The van der Waals surface area contributed by atoms with Crippen molar-refractivity contribution >= 4 is 11.9 Å². The molecule has 0 radical (unpaired) electrons. The summed E-state index contributed by atoms with van der Waals surface area (Å²) in [5.41, 5.74) is 0.929. The average Bonchev–Trinajstić information content (AvgIpc) is 2.53.